The van der Waals surface area contributed by atoms with Crippen LogP contribution in [0, 0.1) is 11.7 Å². The minimum atomic E-state index is -4.02. The predicted molar refractivity (Wildman–Crippen MR) is 87.4 cm³/mol. The van der Waals surface area contributed by atoms with Gasteiger partial charge in [-0.15, -0.1) is 0 Å². The Morgan fingerprint density at radius 3 is 2.57 bits per heavy atom. The molecule has 120 valence electrons. The number of anilines is 1. The Balaban J connectivity index is 3.09. The van der Waals surface area contributed by atoms with Crippen LogP contribution in [-0.4, -0.2) is 14.5 Å². The van der Waals surface area contributed by atoms with Gasteiger partial charge in [-0.2, -0.15) is 0 Å². The Morgan fingerprint density at radius 1 is 1.48 bits per heavy atom. The van der Waals surface area contributed by atoms with Crippen LogP contribution < -0.4 is 10.5 Å². The molecule has 0 saturated heterocycles. The summed E-state index contributed by atoms with van der Waals surface area (Å²) in [6.07, 6.45) is 1.61. The lowest BCUT2D eigenvalue weighted by Crippen LogP contribution is -2.34. The van der Waals surface area contributed by atoms with Crippen molar-refractivity contribution in [3.05, 3.63) is 21.4 Å². The number of benzene rings is 1. The number of halogens is 3. The second kappa shape index (κ2) is 7.26. The van der Waals surface area contributed by atoms with Gasteiger partial charge in [0.2, 0.25) is 10.0 Å². The third kappa shape index (κ3) is 4.55. The van der Waals surface area contributed by atoms with E-state index in [1.165, 1.54) is 0 Å². The maximum absolute atomic E-state index is 14.1. The Bertz CT molecular complexity index is 625. The maximum atomic E-state index is 14.1. The normalized spacial score (nSPS) is 15.0. The average molecular weight is 402 g/mol. The van der Waals surface area contributed by atoms with Crippen molar-refractivity contribution >= 4 is 43.2 Å². The zero-order chi connectivity index (χ0) is 16.4. The molecule has 2 atom stereocenters. The number of sulfonamides is 1. The molecule has 4 nitrogen and oxygen atoms in total. The highest BCUT2D eigenvalue weighted by atomic mass is 79.9. The third-order valence-electron chi connectivity index (χ3n) is 3.26. The molecule has 0 radical (unpaired) electrons. The van der Waals surface area contributed by atoms with Crippen molar-refractivity contribution in [2.24, 2.45) is 5.92 Å². The Labute approximate surface area is 138 Å². The zero-order valence-electron chi connectivity index (χ0n) is 12.1. The van der Waals surface area contributed by atoms with Gasteiger partial charge in [-0.05, 0) is 41.3 Å². The van der Waals surface area contributed by atoms with Crippen LogP contribution in [0.4, 0.5) is 10.1 Å². The lowest BCUT2D eigenvalue weighted by molar-refractivity contribution is 0.444. The summed E-state index contributed by atoms with van der Waals surface area (Å²) in [5, 5.41) is 0.0452. The molecule has 21 heavy (non-hydrogen) atoms. The second-order valence-electron chi connectivity index (χ2n) is 5.17. The Morgan fingerprint density at radius 2 is 2.05 bits per heavy atom. The molecule has 0 aromatic heterocycles. The zero-order valence-corrected chi connectivity index (χ0v) is 15.2. The fraction of sp³-hybridized carbons (Fsp3) is 0.538. The van der Waals surface area contributed by atoms with Crippen molar-refractivity contribution in [1.29, 1.82) is 0 Å². The summed E-state index contributed by atoms with van der Waals surface area (Å²) in [6, 6.07) is 0.739. The van der Waals surface area contributed by atoms with E-state index in [-0.39, 0.29) is 21.2 Å². The quantitative estimate of drug-likeness (QED) is 0.560. The van der Waals surface area contributed by atoms with Gasteiger partial charge in [0, 0.05) is 6.04 Å². The summed E-state index contributed by atoms with van der Waals surface area (Å²) in [5.41, 5.74) is 5.19. The van der Waals surface area contributed by atoms with Crippen molar-refractivity contribution in [2.75, 3.05) is 5.73 Å². The van der Waals surface area contributed by atoms with Crippen molar-refractivity contribution in [1.82, 2.24) is 4.72 Å². The van der Waals surface area contributed by atoms with Gasteiger partial charge in [0.1, 0.15) is 4.90 Å². The molecule has 1 aromatic carbocycles. The number of hydrogen-bond acceptors (Lipinski definition) is 3. The smallest absolute Gasteiger partial charge is 0.243 e. The van der Waals surface area contributed by atoms with Crippen molar-refractivity contribution < 1.29 is 12.8 Å². The standard InChI is InChI=1S/C13H19BrClFN2O2S/c1-4-7(2)5-8(3)18-21(19,20)10-6-9(15)11(14)13(17)12(10)16/h6-8,18H,4-5,17H2,1-3H3. The number of nitrogens with one attached hydrogen (secondary N) is 1. The topological polar surface area (TPSA) is 72.2 Å². The van der Waals surface area contributed by atoms with Crippen LogP contribution in [0.3, 0.4) is 0 Å². The van der Waals surface area contributed by atoms with E-state index >= 15 is 0 Å². The number of nitrogens with two attached hydrogens (primary N) is 1. The largest absolute Gasteiger partial charge is 0.395 e. The Hall–Kier alpha value is -0.370. The van der Waals surface area contributed by atoms with E-state index in [1.54, 1.807) is 6.92 Å². The SMILES string of the molecule is CCC(C)CC(C)NS(=O)(=O)c1cc(Cl)c(Br)c(N)c1F. The highest BCUT2D eigenvalue weighted by Gasteiger charge is 2.25. The van der Waals surface area contributed by atoms with Gasteiger partial charge in [0.25, 0.3) is 0 Å². The number of hydrogen-bond donors (Lipinski definition) is 2. The number of rotatable bonds is 6. The fourth-order valence-corrected chi connectivity index (χ4v) is 3.88. The van der Waals surface area contributed by atoms with Gasteiger partial charge in [-0.3, -0.25) is 0 Å². The van der Waals surface area contributed by atoms with Gasteiger partial charge in [-0.25, -0.2) is 17.5 Å². The highest BCUT2D eigenvalue weighted by molar-refractivity contribution is 9.10. The lowest BCUT2D eigenvalue weighted by atomic mass is 10.0. The van der Waals surface area contributed by atoms with E-state index in [2.05, 4.69) is 20.7 Å². The molecule has 1 aromatic rings. The van der Waals surface area contributed by atoms with Gasteiger partial charge in [-0.1, -0.05) is 31.9 Å². The molecular formula is C13H19BrClFN2O2S. The first-order chi connectivity index (χ1) is 9.60. The molecule has 1 rings (SSSR count). The van der Waals surface area contributed by atoms with E-state index < -0.39 is 20.7 Å². The van der Waals surface area contributed by atoms with E-state index in [0.29, 0.717) is 12.3 Å². The third-order valence-corrected chi connectivity index (χ3v) is 6.22. The molecule has 0 saturated carbocycles. The fourth-order valence-electron chi connectivity index (χ4n) is 1.94. The molecule has 0 fully saturated rings. The molecule has 2 unspecified atom stereocenters. The van der Waals surface area contributed by atoms with E-state index in [4.69, 9.17) is 17.3 Å². The predicted octanol–water partition coefficient (Wildman–Crippen LogP) is 3.93. The van der Waals surface area contributed by atoms with Crippen LogP contribution in [0.1, 0.15) is 33.6 Å². The average Bonchev–Trinajstić information content (AvgIpc) is 2.39. The van der Waals surface area contributed by atoms with Crippen LogP contribution in [0.5, 0.6) is 0 Å². The summed E-state index contributed by atoms with van der Waals surface area (Å²) < 4.78 is 41.2. The van der Waals surface area contributed by atoms with Gasteiger partial charge >= 0.3 is 0 Å². The highest BCUT2D eigenvalue weighted by Crippen LogP contribution is 2.34. The first-order valence-corrected chi connectivity index (χ1v) is 9.20. The molecule has 0 spiro atoms. The Kier molecular flexibility index (Phi) is 6.46. The van der Waals surface area contributed by atoms with Crippen LogP contribution in [-0.2, 0) is 10.0 Å². The van der Waals surface area contributed by atoms with Crippen molar-refractivity contribution in [3.63, 3.8) is 0 Å². The van der Waals surface area contributed by atoms with Crippen LogP contribution in [0.2, 0.25) is 5.02 Å². The minimum absolute atomic E-state index is 0.0452. The molecule has 8 heteroatoms. The van der Waals surface area contributed by atoms with Gasteiger partial charge in [0.15, 0.2) is 5.82 Å². The van der Waals surface area contributed by atoms with Crippen LogP contribution in [0.15, 0.2) is 15.4 Å². The summed E-state index contributed by atoms with van der Waals surface area (Å²) >= 11 is 8.87. The molecule has 3 N–H and O–H groups in total. The summed E-state index contributed by atoms with van der Waals surface area (Å²) in [4.78, 5) is -0.538. The van der Waals surface area contributed by atoms with E-state index in [0.717, 1.165) is 12.5 Å². The molecule has 0 bridgehead atoms. The maximum Gasteiger partial charge on any atom is 0.243 e. The van der Waals surface area contributed by atoms with E-state index in [1.807, 2.05) is 13.8 Å². The number of nitrogen functional groups attached to an aromatic ring is 1. The molecule has 0 amide bonds. The first kappa shape index (κ1) is 18.7. The summed E-state index contributed by atoms with van der Waals surface area (Å²) in [5.74, 6) is -0.638. The molecular weight excluding hydrogens is 383 g/mol. The monoisotopic (exact) mass is 400 g/mol. The second-order valence-corrected chi connectivity index (χ2v) is 8.05. The minimum Gasteiger partial charge on any atom is -0.395 e. The van der Waals surface area contributed by atoms with Crippen LogP contribution >= 0.6 is 27.5 Å². The summed E-state index contributed by atoms with van der Waals surface area (Å²) in [6.45, 7) is 5.80. The summed E-state index contributed by atoms with van der Waals surface area (Å²) in [7, 11) is -4.02. The molecule has 0 aliphatic heterocycles. The van der Waals surface area contributed by atoms with Gasteiger partial charge in [0.05, 0.1) is 15.2 Å². The molecule has 0 aliphatic carbocycles. The van der Waals surface area contributed by atoms with Crippen LogP contribution in [0.25, 0.3) is 0 Å². The lowest BCUT2D eigenvalue weighted by Gasteiger charge is -2.18. The first-order valence-electron chi connectivity index (χ1n) is 6.55. The van der Waals surface area contributed by atoms with Crippen molar-refractivity contribution in [2.45, 2.75) is 44.6 Å². The van der Waals surface area contributed by atoms with Gasteiger partial charge < -0.3 is 5.73 Å². The molecule has 0 heterocycles. The van der Waals surface area contributed by atoms with Crippen molar-refractivity contribution in [3.8, 4) is 0 Å². The molecule has 0 aliphatic rings. The van der Waals surface area contributed by atoms with E-state index in [9.17, 15) is 12.8 Å².